The summed E-state index contributed by atoms with van der Waals surface area (Å²) in [6.07, 6.45) is 1.84. The van der Waals surface area contributed by atoms with Gasteiger partial charge in [0.05, 0.1) is 16.8 Å². The van der Waals surface area contributed by atoms with Crippen LogP contribution in [0.25, 0.3) is 10.2 Å². The molecule has 5 nitrogen and oxygen atoms in total. The normalized spacial score (nSPS) is 10.7. The van der Waals surface area contributed by atoms with Crippen molar-refractivity contribution in [2.75, 3.05) is 12.0 Å². The molecule has 7 heteroatoms. The number of halogens is 1. The van der Waals surface area contributed by atoms with Gasteiger partial charge >= 0.3 is 0 Å². The van der Waals surface area contributed by atoms with E-state index < -0.39 is 0 Å². The number of rotatable bonds is 8. The maximum Gasteiger partial charge on any atom is 0.238 e. The van der Waals surface area contributed by atoms with Gasteiger partial charge in [0.15, 0.2) is 0 Å². The van der Waals surface area contributed by atoms with Crippen LogP contribution in [0.2, 0.25) is 0 Å². The van der Waals surface area contributed by atoms with E-state index in [0.717, 1.165) is 22.2 Å². The molecule has 1 amide bonds. The monoisotopic (exact) mass is 373 g/mol. The predicted octanol–water partition coefficient (Wildman–Crippen LogP) is 4.44. The molecule has 1 heterocycles. The molecule has 0 unspecified atom stereocenters. The Morgan fingerprint density at radius 3 is 2.77 bits per heavy atom. The maximum atomic E-state index is 12.8. The third-order valence-corrected chi connectivity index (χ3v) is 4.75. The third-order valence-electron chi connectivity index (χ3n) is 3.81. The van der Waals surface area contributed by atoms with Crippen LogP contribution in [0.1, 0.15) is 24.8 Å². The average molecular weight is 373 g/mol. The number of thiazole rings is 1. The summed E-state index contributed by atoms with van der Waals surface area (Å²) in [6.45, 7) is 2.50. The molecule has 0 spiro atoms. The molecule has 0 fully saturated rings. The summed E-state index contributed by atoms with van der Waals surface area (Å²) >= 11 is 1.50. The van der Waals surface area contributed by atoms with Crippen LogP contribution in [0, 0.1) is 12.7 Å². The second-order valence-electron chi connectivity index (χ2n) is 5.87. The highest BCUT2D eigenvalue weighted by Gasteiger charge is 2.07. The Bertz CT molecular complexity index is 880. The van der Waals surface area contributed by atoms with Crippen molar-refractivity contribution in [3.8, 4) is 5.75 Å². The smallest absolute Gasteiger partial charge is 0.238 e. The van der Waals surface area contributed by atoms with E-state index in [9.17, 15) is 9.18 Å². The minimum absolute atomic E-state index is 0.0947. The first-order valence-corrected chi connectivity index (χ1v) is 9.23. The molecule has 26 heavy (non-hydrogen) atoms. The Kier molecular flexibility index (Phi) is 6.01. The fourth-order valence-corrected chi connectivity index (χ4v) is 3.33. The summed E-state index contributed by atoms with van der Waals surface area (Å²) in [7, 11) is 0. The van der Waals surface area contributed by atoms with Crippen molar-refractivity contribution in [1.29, 1.82) is 0 Å². The number of para-hydroxylation sites is 1. The van der Waals surface area contributed by atoms with E-state index in [1.165, 1.54) is 23.5 Å². The molecule has 2 N–H and O–H groups in total. The summed E-state index contributed by atoms with van der Waals surface area (Å²) in [5, 5.41) is 0.669. The first kappa shape index (κ1) is 18.1. The molecule has 3 rings (SSSR count). The topological polar surface area (TPSA) is 63.2 Å². The van der Waals surface area contributed by atoms with E-state index in [1.807, 2.05) is 25.1 Å². The summed E-state index contributed by atoms with van der Waals surface area (Å²) in [5.74, 6) is 0.246. The van der Waals surface area contributed by atoms with Gasteiger partial charge < -0.3 is 4.74 Å². The van der Waals surface area contributed by atoms with Crippen LogP contribution < -0.4 is 15.6 Å². The van der Waals surface area contributed by atoms with Gasteiger partial charge in [-0.2, -0.15) is 0 Å². The zero-order valence-electron chi connectivity index (χ0n) is 14.4. The van der Waals surface area contributed by atoms with E-state index in [0.29, 0.717) is 30.3 Å². The number of anilines is 1. The van der Waals surface area contributed by atoms with Gasteiger partial charge in [-0.15, -0.1) is 0 Å². The number of carbonyl (C=O) groups is 1. The first-order chi connectivity index (χ1) is 12.6. The lowest BCUT2D eigenvalue weighted by molar-refractivity contribution is -0.120. The van der Waals surface area contributed by atoms with Crippen LogP contribution in [0.3, 0.4) is 0 Å². The van der Waals surface area contributed by atoms with Gasteiger partial charge in [0.1, 0.15) is 11.6 Å². The summed E-state index contributed by atoms with van der Waals surface area (Å²) in [4.78, 5) is 16.4. The molecular weight excluding hydrogens is 353 g/mol. The lowest BCUT2D eigenvalue weighted by Gasteiger charge is -2.07. The molecule has 0 saturated carbocycles. The molecule has 0 aliphatic rings. The average Bonchev–Trinajstić information content (AvgIpc) is 3.06. The number of aromatic nitrogens is 1. The number of hydrogen-bond acceptors (Lipinski definition) is 5. The number of fused-ring (bicyclic) bond motifs is 1. The second kappa shape index (κ2) is 8.62. The molecule has 0 aliphatic heterocycles. The maximum absolute atomic E-state index is 12.8. The van der Waals surface area contributed by atoms with Gasteiger partial charge in [-0.3, -0.25) is 15.6 Å². The SMILES string of the molecule is Cc1cccc2sc(NNC(=O)CCCCOc3ccc(F)cc3)nc12. The fourth-order valence-electron chi connectivity index (χ4n) is 2.43. The number of unbranched alkanes of at least 4 members (excludes halogenated alkanes) is 1. The van der Waals surface area contributed by atoms with Crippen LogP contribution >= 0.6 is 11.3 Å². The van der Waals surface area contributed by atoms with Gasteiger partial charge in [0.25, 0.3) is 0 Å². The fraction of sp³-hybridized carbons (Fsp3) is 0.263. The molecule has 1 aromatic heterocycles. The van der Waals surface area contributed by atoms with E-state index in [1.54, 1.807) is 12.1 Å². The molecule has 2 aromatic carbocycles. The van der Waals surface area contributed by atoms with Crippen LogP contribution in [-0.4, -0.2) is 17.5 Å². The van der Waals surface area contributed by atoms with Crippen molar-refractivity contribution in [2.45, 2.75) is 26.2 Å². The largest absolute Gasteiger partial charge is 0.494 e. The Hall–Kier alpha value is -2.67. The van der Waals surface area contributed by atoms with Gasteiger partial charge in [-0.25, -0.2) is 9.37 Å². The quantitative estimate of drug-likeness (QED) is 0.453. The third kappa shape index (κ3) is 4.92. The van der Waals surface area contributed by atoms with Gasteiger partial charge in [0, 0.05) is 6.42 Å². The van der Waals surface area contributed by atoms with Gasteiger partial charge in [-0.1, -0.05) is 23.5 Å². The van der Waals surface area contributed by atoms with Crippen LogP contribution in [-0.2, 0) is 4.79 Å². The molecule has 3 aromatic rings. The Labute approximate surface area is 155 Å². The molecule has 0 bridgehead atoms. The van der Waals surface area contributed by atoms with Gasteiger partial charge in [-0.05, 0) is 55.7 Å². The highest BCUT2D eigenvalue weighted by molar-refractivity contribution is 7.22. The standard InChI is InChI=1S/C19H20FN3O2S/c1-13-5-4-6-16-18(13)21-19(26-16)23-22-17(24)7-2-3-12-25-15-10-8-14(20)9-11-15/h4-6,8-11H,2-3,7,12H2,1H3,(H,21,23)(H,22,24). The lowest BCUT2D eigenvalue weighted by Crippen LogP contribution is -2.29. The van der Waals surface area contributed by atoms with E-state index in [-0.39, 0.29) is 11.7 Å². The first-order valence-electron chi connectivity index (χ1n) is 8.41. The van der Waals surface area contributed by atoms with Crippen molar-refractivity contribution in [3.63, 3.8) is 0 Å². The van der Waals surface area contributed by atoms with Gasteiger partial charge in [0.2, 0.25) is 11.0 Å². The second-order valence-corrected chi connectivity index (χ2v) is 6.90. The van der Waals surface area contributed by atoms with Crippen LogP contribution in [0.5, 0.6) is 5.75 Å². The number of benzene rings is 2. The van der Waals surface area contributed by atoms with E-state index in [4.69, 9.17) is 4.74 Å². The molecule has 0 atom stereocenters. The van der Waals surface area contributed by atoms with E-state index in [2.05, 4.69) is 15.8 Å². The molecular formula is C19H20FN3O2S. The highest BCUT2D eigenvalue weighted by atomic mass is 32.1. The number of amides is 1. The zero-order chi connectivity index (χ0) is 18.4. The van der Waals surface area contributed by atoms with Crippen molar-refractivity contribution in [2.24, 2.45) is 0 Å². The number of nitrogens with one attached hydrogen (secondary N) is 2. The number of ether oxygens (including phenoxy) is 1. The number of nitrogens with zero attached hydrogens (tertiary/aromatic N) is 1. The minimum Gasteiger partial charge on any atom is -0.494 e. The number of hydrogen-bond donors (Lipinski definition) is 2. The minimum atomic E-state index is -0.287. The highest BCUT2D eigenvalue weighted by Crippen LogP contribution is 2.27. The van der Waals surface area contributed by atoms with Crippen LogP contribution in [0.15, 0.2) is 42.5 Å². The summed E-state index contributed by atoms with van der Waals surface area (Å²) in [5.41, 5.74) is 7.61. The van der Waals surface area contributed by atoms with E-state index >= 15 is 0 Å². The van der Waals surface area contributed by atoms with Crippen molar-refractivity contribution >= 4 is 32.6 Å². The number of hydrazine groups is 1. The Morgan fingerprint density at radius 1 is 1.19 bits per heavy atom. The van der Waals surface area contributed by atoms with Crippen molar-refractivity contribution in [3.05, 3.63) is 53.8 Å². The summed E-state index contributed by atoms with van der Waals surface area (Å²) in [6, 6.07) is 11.9. The Morgan fingerprint density at radius 2 is 2.00 bits per heavy atom. The van der Waals surface area contributed by atoms with Crippen molar-refractivity contribution < 1.29 is 13.9 Å². The molecule has 0 radical (unpaired) electrons. The molecule has 0 saturated heterocycles. The predicted molar refractivity (Wildman–Crippen MR) is 102 cm³/mol. The number of aryl methyl sites for hydroxylation is 1. The molecule has 0 aliphatic carbocycles. The Balaban J connectivity index is 1.35. The number of carbonyl (C=O) groups excluding carboxylic acids is 1. The van der Waals surface area contributed by atoms with Crippen LogP contribution in [0.4, 0.5) is 9.52 Å². The van der Waals surface area contributed by atoms with Crippen molar-refractivity contribution in [1.82, 2.24) is 10.4 Å². The summed E-state index contributed by atoms with van der Waals surface area (Å²) < 4.78 is 19.4. The lowest BCUT2D eigenvalue weighted by atomic mass is 10.2. The zero-order valence-corrected chi connectivity index (χ0v) is 15.2. The molecule has 136 valence electrons.